The van der Waals surface area contributed by atoms with E-state index >= 15 is 0 Å². The zero-order valence-electron chi connectivity index (χ0n) is 11.2. The zero-order chi connectivity index (χ0) is 13.5. The Bertz CT molecular complexity index is 496. The van der Waals surface area contributed by atoms with Crippen LogP contribution in [0.1, 0.15) is 30.6 Å². The number of hydrogen-bond acceptors (Lipinski definition) is 6. The molecule has 0 saturated carbocycles. The minimum Gasteiger partial charge on any atom is -0.481 e. The predicted molar refractivity (Wildman–Crippen MR) is 69.9 cm³/mol. The summed E-state index contributed by atoms with van der Waals surface area (Å²) >= 11 is 0. The van der Waals surface area contributed by atoms with Crippen LogP contribution >= 0.6 is 0 Å². The summed E-state index contributed by atoms with van der Waals surface area (Å²) in [6.07, 6.45) is 3.44. The van der Waals surface area contributed by atoms with Crippen LogP contribution in [0.25, 0.3) is 0 Å². The second-order valence-electron chi connectivity index (χ2n) is 4.17. The van der Waals surface area contributed by atoms with Crippen LogP contribution in [0.15, 0.2) is 22.9 Å². The number of aromatic nitrogens is 3. The highest BCUT2D eigenvalue weighted by Gasteiger charge is 2.07. The first kappa shape index (κ1) is 13.5. The molecule has 0 aliphatic carbocycles. The van der Waals surface area contributed by atoms with E-state index in [1.165, 1.54) is 0 Å². The topological polar surface area (TPSA) is 73.1 Å². The summed E-state index contributed by atoms with van der Waals surface area (Å²) in [4.78, 5) is 8.46. The van der Waals surface area contributed by atoms with Gasteiger partial charge in [0, 0.05) is 18.7 Å². The van der Waals surface area contributed by atoms with Crippen LogP contribution in [-0.2, 0) is 13.0 Å². The van der Waals surface area contributed by atoms with E-state index in [1.807, 2.05) is 12.1 Å². The molecule has 0 amide bonds. The van der Waals surface area contributed by atoms with Crippen molar-refractivity contribution in [3.05, 3.63) is 35.6 Å². The number of ether oxygens (including phenoxy) is 1. The predicted octanol–water partition coefficient (Wildman–Crippen LogP) is 1.56. The monoisotopic (exact) mass is 262 g/mol. The third-order valence-corrected chi connectivity index (χ3v) is 2.58. The van der Waals surface area contributed by atoms with Crippen LogP contribution in [0.2, 0.25) is 0 Å². The Balaban J connectivity index is 1.91. The highest BCUT2D eigenvalue weighted by Crippen LogP contribution is 2.10. The van der Waals surface area contributed by atoms with Crippen molar-refractivity contribution in [2.45, 2.75) is 26.3 Å². The average molecular weight is 262 g/mol. The van der Waals surface area contributed by atoms with Crippen molar-refractivity contribution < 1.29 is 9.26 Å². The smallest absolute Gasteiger partial charge is 0.240 e. The van der Waals surface area contributed by atoms with Gasteiger partial charge in [0.05, 0.1) is 13.7 Å². The van der Waals surface area contributed by atoms with Gasteiger partial charge in [-0.2, -0.15) is 4.98 Å². The molecular formula is C13H18N4O2. The minimum absolute atomic E-state index is 0.598. The number of nitrogens with one attached hydrogen (secondary N) is 1. The summed E-state index contributed by atoms with van der Waals surface area (Å²) in [6, 6.07) is 3.76. The summed E-state index contributed by atoms with van der Waals surface area (Å²) in [7, 11) is 1.59. The molecule has 0 atom stereocenters. The molecule has 19 heavy (non-hydrogen) atoms. The fourth-order valence-corrected chi connectivity index (χ4v) is 1.62. The van der Waals surface area contributed by atoms with Gasteiger partial charge < -0.3 is 14.6 Å². The number of nitrogens with zero attached hydrogens (tertiary/aromatic N) is 3. The first-order valence-electron chi connectivity index (χ1n) is 6.33. The van der Waals surface area contributed by atoms with Gasteiger partial charge in [-0.15, -0.1) is 0 Å². The molecule has 6 nitrogen and oxygen atoms in total. The first-order chi connectivity index (χ1) is 9.31. The average Bonchev–Trinajstić information content (AvgIpc) is 2.88. The molecule has 0 saturated heterocycles. The molecule has 102 valence electrons. The van der Waals surface area contributed by atoms with Crippen LogP contribution < -0.4 is 10.1 Å². The van der Waals surface area contributed by atoms with Gasteiger partial charge in [0.2, 0.25) is 11.8 Å². The third-order valence-electron chi connectivity index (χ3n) is 2.58. The van der Waals surface area contributed by atoms with Gasteiger partial charge in [0.15, 0.2) is 5.82 Å². The minimum atomic E-state index is 0.598. The van der Waals surface area contributed by atoms with E-state index in [9.17, 15) is 0 Å². The lowest BCUT2D eigenvalue weighted by Gasteiger charge is -1.99. The SMILES string of the molecule is CCCNCc1nc(Cc2ccc(OC)nc2)no1. The Kier molecular flexibility index (Phi) is 4.85. The second-order valence-corrected chi connectivity index (χ2v) is 4.17. The van der Waals surface area contributed by atoms with E-state index in [1.54, 1.807) is 13.3 Å². The third kappa shape index (κ3) is 4.03. The Morgan fingerprint density at radius 1 is 1.37 bits per heavy atom. The van der Waals surface area contributed by atoms with Crippen LogP contribution in [0, 0.1) is 0 Å². The van der Waals surface area contributed by atoms with E-state index < -0.39 is 0 Å². The van der Waals surface area contributed by atoms with Crippen molar-refractivity contribution in [3.8, 4) is 5.88 Å². The summed E-state index contributed by atoms with van der Waals surface area (Å²) in [5.41, 5.74) is 1.02. The van der Waals surface area contributed by atoms with Gasteiger partial charge in [0.25, 0.3) is 0 Å². The molecule has 2 rings (SSSR count). The van der Waals surface area contributed by atoms with E-state index in [-0.39, 0.29) is 0 Å². The number of rotatable bonds is 7. The quantitative estimate of drug-likeness (QED) is 0.763. The van der Waals surface area contributed by atoms with Crippen LogP contribution in [0.4, 0.5) is 0 Å². The molecule has 1 N–H and O–H groups in total. The molecule has 2 aromatic heterocycles. The Morgan fingerprint density at radius 3 is 2.95 bits per heavy atom. The summed E-state index contributed by atoms with van der Waals surface area (Å²) in [6.45, 7) is 3.67. The Hall–Kier alpha value is -1.95. The van der Waals surface area contributed by atoms with Crippen molar-refractivity contribution in [1.82, 2.24) is 20.4 Å². The second kappa shape index (κ2) is 6.84. The zero-order valence-corrected chi connectivity index (χ0v) is 11.2. The number of methoxy groups -OCH3 is 1. The number of pyridine rings is 1. The Morgan fingerprint density at radius 2 is 2.26 bits per heavy atom. The summed E-state index contributed by atoms with van der Waals surface area (Å²) in [5, 5.41) is 7.17. The standard InChI is InChI=1S/C13H18N4O2/c1-3-6-14-9-13-16-11(17-19-13)7-10-4-5-12(18-2)15-8-10/h4-5,8,14H,3,6-7,9H2,1-2H3. The normalized spacial score (nSPS) is 10.6. The van der Waals surface area contributed by atoms with Gasteiger partial charge in [-0.05, 0) is 18.5 Å². The lowest BCUT2D eigenvalue weighted by molar-refractivity contribution is 0.363. The molecule has 6 heteroatoms. The van der Waals surface area contributed by atoms with Crippen molar-refractivity contribution in [2.24, 2.45) is 0 Å². The number of hydrogen-bond donors (Lipinski definition) is 1. The van der Waals surface area contributed by atoms with E-state index in [0.717, 1.165) is 18.5 Å². The van der Waals surface area contributed by atoms with Gasteiger partial charge in [-0.25, -0.2) is 4.98 Å². The molecule has 2 aromatic rings. The maximum atomic E-state index is 5.16. The molecule has 0 spiro atoms. The molecule has 0 aliphatic heterocycles. The summed E-state index contributed by atoms with van der Waals surface area (Å²) in [5.74, 6) is 1.88. The van der Waals surface area contributed by atoms with Crippen molar-refractivity contribution in [1.29, 1.82) is 0 Å². The first-order valence-corrected chi connectivity index (χ1v) is 6.33. The van der Waals surface area contributed by atoms with E-state index in [4.69, 9.17) is 9.26 Å². The summed E-state index contributed by atoms with van der Waals surface area (Å²) < 4.78 is 10.2. The molecule has 0 fully saturated rings. The van der Waals surface area contributed by atoms with E-state index in [0.29, 0.717) is 30.6 Å². The maximum absolute atomic E-state index is 5.16. The Labute approximate surface area is 112 Å². The highest BCUT2D eigenvalue weighted by molar-refractivity contribution is 5.20. The van der Waals surface area contributed by atoms with Crippen LogP contribution in [-0.4, -0.2) is 28.8 Å². The molecule has 0 aliphatic rings. The molecular weight excluding hydrogens is 244 g/mol. The van der Waals surface area contributed by atoms with Crippen molar-refractivity contribution >= 4 is 0 Å². The van der Waals surface area contributed by atoms with Gasteiger partial charge >= 0.3 is 0 Å². The van der Waals surface area contributed by atoms with E-state index in [2.05, 4.69) is 27.4 Å². The van der Waals surface area contributed by atoms with Crippen LogP contribution in [0.5, 0.6) is 5.88 Å². The van der Waals surface area contributed by atoms with Crippen molar-refractivity contribution in [2.75, 3.05) is 13.7 Å². The molecule has 0 bridgehead atoms. The fraction of sp³-hybridized carbons (Fsp3) is 0.462. The fourth-order valence-electron chi connectivity index (χ4n) is 1.62. The maximum Gasteiger partial charge on any atom is 0.240 e. The molecule has 2 heterocycles. The molecule has 0 aromatic carbocycles. The van der Waals surface area contributed by atoms with Gasteiger partial charge in [-0.1, -0.05) is 18.1 Å². The molecule has 0 unspecified atom stereocenters. The lowest BCUT2D eigenvalue weighted by Crippen LogP contribution is -2.13. The lowest BCUT2D eigenvalue weighted by atomic mass is 10.2. The van der Waals surface area contributed by atoms with Crippen molar-refractivity contribution in [3.63, 3.8) is 0 Å². The molecule has 0 radical (unpaired) electrons. The van der Waals surface area contributed by atoms with Gasteiger partial charge in [0.1, 0.15) is 0 Å². The largest absolute Gasteiger partial charge is 0.481 e. The van der Waals surface area contributed by atoms with Crippen LogP contribution in [0.3, 0.4) is 0 Å². The van der Waals surface area contributed by atoms with Gasteiger partial charge in [-0.3, -0.25) is 0 Å². The highest BCUT2D eigenvalue weighted by atomic mass is 16.5.